The molecule has 2 aromatic rings. The molecule has 0 unspecified atom stereocenters. The SMILES string of the molecule is O=C([O-])CCN1C(=O)/C(=C/c2ccc(-c3ccccc3[N+](=O)[O-])o2)SC1=S. The molecule has 27 heavy (non-hydrogen) atoms. The van der Waals surface area contributed by atoms with Crippen LogP contribution in [0, 0.1) is 10.1 Å². The van der Waals surface area contributed by atoms with Crippen LogP contribution in [0.1, 0.15) is 12.2 Å². The van der Waals surface area contributed by atoms with Crippen LogP contribution in [0.5, 0.6) is 0 Å². The summed E-state index contributed by atoms with van der Waals surface area (Å²) in [5.74, 6) is -1.08. The molecule has 1 aliphatic rings. The van der Waals surface area contributed by atoms with Crippen LogP contribution in [0.25, 0.3) is 17.4 Å². The molecule has 0 radical (unpaired) electrons. The number of thiocarbonyl (C=S) groups is 1. The Hall–Kier alpha value is -2.98. The number of nitro groups is 1. The monoisotopic (exact) mass is 403 g/mol. The first-order chi connectivity index (χ1) is 12.9. The van der Waals surface area contributed by atoms with E-state index in [9.17, 15) is 24.8 Å². The number of nitrogens with zero attached hydrogens (tertiary/aromatic N) is 2. The van der Waals surface area contributed by atoms with Crippen molar-refractivity contribution >= 4 is 51.9 Å². The van der Waals surface area contributed by atoms with Gasteiger partial charge in [-0.3, -0.25) is 19.8 Å². The highest BCUT2D eigenvalue weighted by atomic mass is 32.2. The lowest BCUT2D eigenvalue weighted by Crippen LogP contribution is -2.33. The van der Waals surface area contributed by atoms with Crippen LogP contribution in [-0.2, 0) is 9.59 Å². The smallest absolute Gasteiger partial charge is 0.280 e. The van der Waals surface area contributed by atoms with E-state index in [0.717, 1.165) is 11.8 Å². The van der Waals surface area contributed by atoms with E-state index >= 15 is 0 Å². The maximum atomic E-state index is 12.4. The molecular weight excluding hydrogens is 392 g/mol. The minimum absolute atomic E-state index is 0.0655. The number of para-hydroxylation sites is 1. The molecule has 0 spiro atoms. The Morgan fingerprint density at radius 2 is 2.04 bits per heavy atom. The summed E-state index contributed by atoms with van der Waals surface area (Å²) in [5.41, 5.74) is 0.232. The van der Waals surface area contributed by atoms with E-state index in [2.05, 4.69) is 0 Å². The van der Waals surface area contributed by atoms with Crippen molar-refractivity contribution in [1.29, 1.82) is 0 Å². The molecule has 138 valence electrons. The van der Waals surface area contributed by atoms with Crippen molar-refractivity contribution in [3.63, 3.8) is 0 Å². The molecule has 0 saturated carbocycles. The van der Waals surface area contributed by atoms with Gasteiger partial charge in [-0.25, -0.2) is 0 Å². The Bertz CT molecular complexity index is 981. The summed E-state index contributed by atoms with van der Waals surface area (Å²) < 4.78 is 5.88. The summed E-state index contributed by atoms with van der Waals surface area (Å²) in [7, 11) is 0. The average molecular weight is 403 g/mol. The summed E-state index contributed by atoms with van der Waals surface area (Å²) in [6, 6.07) is 9.32. The summed E-state index contributed by atoms with van der Waals surface area (Å²) in [4.78, 5) is 35.0. The van der Waals surface area contributed by atoms with Crippen LogP contribution in [0.15, 0.2) is 45.7 Å². The van der Waals surface area contributed by atoms with Gasteiger partial charge in [-0.2, -0.15) is 0 Å². The quantitative estimate of drug-likeness (QED) is 0.312. The van der Waals surface area contributed by atoms with Gasteiger partial charge in [0.25, 0.3) is 11.6 Å². The molecule has 8 nitrogen and oxygen atoms in total. The summed E-state index contributed by atoms with van der Waals surface area (Å²) in [6.45, 7) is -0.0655. The summed E-state index contributed by atoms with van der Waals surface area (Å²) in [6.07, 6.45) is 1.15. The lowest BCUT2D eigenvalue weighted by molar-refractivity contribution is -0.384. The zero-order chi connectivity index (χ0) is 19.6. The van der Waals surface area contributed by atoms with E-state index in [4.69, 9.17) is 16.6 Å². The maximum absolute atomic E-state index is 12.4. The number of furan rings is 1. The molecule has 0 N–H and O–H groups in total. The fourth-order valence-electron chi connectivity index (χ4n) is 2.44. The van der Waals surface area contributed by atoms with Gasteiger partial charge in [0.15, 0.2) is 0 Å². The van der Waals surface area contributed by atoms with Gasteiger partial charge in [0.2, 0.25) is 0 Å². The number of aliphatic carboxylic acids is 1. The van der Waals surface area contributed by atoms with Crippen LogP contribution in [0.2, 0.25) is 0 Å². The molecule has 0 bridgehead atoms. The summed E-state index contributed by atoms with van der Waals surface area (Å²) >= 11 is 6.13. The third kappa shape index (κ3) is 4.07. The molecule has 0 atom stereocenters. The molecule has 1 aromatic heterocycles. The van der Waals surface area contributed by atoms with E-state index < -0.39 is 16.8 Å². The fourth-order valence-corrected chi connectivity index (χ4v) is 3.73. The average Bonchev–Trinajstić information content (AvgIpc) is 3.18. The highest BCUT2D eigenvalue weighted by Gasteiger charge is 2.32. The Labute approximate surface area is 162 Å². The number of hydrogen-bond acceptors (Lipinski definition) is 8. The molecule has 1 aromatic carbocycles. The number of carboxylic acid groups (broad SMARTS) is 1. The molecule has 1 aliphatic heterocycles. The predicted octanol–water partition coefficient (Wildman–Crippen LogP) is 2.20. The van der Waals surface area contributed by atoms with Crippen molar-refractivity contribution in [3.8, 4) is 11.3 Å². The molecule has 1 saturated heterocycles. The minimum atomic E-state index is -1.27. The first-order valence-corrected chi connectivity index (χ1v) is 8.88. The second kappa shape index (κ2) is 7.72. The Balaban J connectivity index is 1.84. The summed E-state index contributed by atoms with van der Waals surface area (Å²) in [5, 5.41) is 21.7. The number of rotatable bonds is 6. The van der Waals surface area contributed by atoms with E-state index in [1.165, 1.54) is 17.0 Å². The molecule has 2 heterocycles. The first-order valence-electron chi connectivity index (χ1n) is 7.65. The number of carbonyl (C=O) groups excluding carboxylic acids is 2. The van der Waals surface area contributed by atoms with Crippen LogP contribution >= 0.6 is 24.0 Å². The van der Waals surface area contributed by atoms with Crippen molar-refractivity contribution in [3.05, 3.63) is 57.2 Å². The normalized spacial score (nSPS) is 15.6. The third-order valence-corrected chi connectivity index (χ3v) is 5.06. The zero-order valence-electron chi connectivity index (χ0n) is 13.6. The molecule has 1 fully saturated rings. The fraction of sp³-hybridized carbons (Fsp3) is 0.118. The van der Waals surface area contributed by atoms with Crippen LogP contribution in [0.3, 0.4) is 0 Å². The van der Waals surface area contributed by atoms with Crippen LogP contribution in [-0.4, -0.2) is 32.6 Å². The van der Waals surface area contributed by atoms with Gasteiger partial charge in [-0.1, -0.05) is 36.1 Å². The van der Waals surface area contributed by atoms with Gasteiger partial charge >= 0.3 is 0 Å². The number of amides is 1. The largest absolute Gasteiger partial charge is 0.550 e. The van der Waals surface area contributed by atoms with Gasteiger partial charge < -0.3 is 14.3 Å². The van der Waals surface area contributed by atoms with Crippen molar-refractivity contribution < 1.29 is 24.0 Å². The van der Waals surface area contributed by atoms with Gasteiger partial charge in [0.1, 0.15) is 15.8 Å². The highest BCUT2D eigenvalue weighted by molar-refractivity contribution is 8.26. The number of nitro benzene ring substituents is 1. The molecule has 10 heteroatoms. The van der Waals surface area contributed by atoms with Crippen LogP contribution in [0.4, 0.5) is 5.69 Å². The number of benzene rings is 1. The number of carbonyl (C=O) groups is 2. The Morgan fingerprint density at radius 1 is 1.30 bits per heavy atom. The molecule has 1 amide bonds. The standard InChI is InChI=1S/C17H12N2O6S2/c20-15(21)7-8-18-16(22)14(27-17(18)26)9-10-5-6-13(25-10)11-3-1-2-4-12(11)19(23)24/h1-6,9H,7-8H2,(H,20,21)/p-1/b14-9-. The molecule has 0 aliphatic carbocycles. The highest BCUT2D eigenvalue weighted by Crippen LogP contribution is 2.35. The lowest BCUT2D eigenvalue weighted by atomic mass is 10.1. The zero-order valence-corrected chi connectivity index (χ0v) is 15.2. The second-order valence-electron chi connectivity index (χ2n) is 5.43. The van der Waals surface area contributed by atoms with Gasteiger partial charge in [0.05, 0.1) is 15.4 Å². The van der Waals surface area contributed by atoms with Crippen molar-refractivity contribution in [2.24, 2.45) is 0 Å². The first kappa shape index (κ1) is 18.8. The predicted molar refractivity (Wildman–Crippen MR) is 100 cm³/mol. The molecular formula is C17H11N2O6S2-. The van der Waals surface area contributed by atoms with E-state index in [-0.39, 0.29) is 27.9 Å². The maximum Gasteiger partial charge on any atom is 0.280 e. The van der Waals surface area contributed by atoms with Crippen molar-refractivity contribution in [1.82, 2.24) is 4.90 Å². The number of thioether (sulfide) groups is 1. The Morgan fingerprint density at radius 3 is 2.74 bits per heavy atom. The number of hydrogen-bond donors (Lipinski definition) is 0. The number of carboxylic acids is 1. The van der Waals surface area contributed by atoms with Gasteiger partial charge in [-0.05, 0) is 18.2 Å². The van der Waals surface area contributed by atoms with E-state index in [1.54, 1.807) is 30.3 Å². The second-order valence-corrected chi connectivity index (χ2v) is 7.11. The van der Waals surface area contributed by atoms with Crippen molar-refractivity contribution in [2.45, 2.75) is 6.42 Å². The topological polar surface area (TPSA) is 117 Å². The van der Waals surface area contributed by atoms with Crippen molar-refractivity contribution in [2.75, 3.05) is 6.54 Å². The Kier molecular flexibility index (Phi) is 5.38. The van der Waals surface area contributed by atoms with Gasteiger partial charge in [-0.15, -0.1) is 0 Å². The van der Waals surface area contributed by atoms with E-state index in [1.807, 2.05) is 0 Å². The minimum Gasteiger partial charge on any atom is -0.550 e. The molecule has 3 rings (SSSR count). The van der Waals surface area contributed by atoms with Gasteiger partial charge in [0, 0.05) is 31.1 Å². The third-order valence-electron chi connectivity index (χ3n) is 3.68. The van der Waals surface area contributed by atoms with Crippen LogP contribution < -0.4 is 5.11 Å². The van der Waals surface area contributed by atoms with E-state index in [0.29, 0.717) is 17.1 Å². The lowest BCUT2D eigenvalue weighted by Gasteiger charge is -2.14.